The topological polar surface area (TPSA) is 53.6 Å². The van der Waals surface area contributed by atoms with Gasteiger partial charge in [0.25, 0.3) is 0 Å². The zero-order chi connectivity index (χ0) is 13.0. The number of nitrogens with zero attached hydrogens (tertiary/aromatic N) is 2. The lowest BCUT2D eigenvalue weighted by Gasteiger charge is -2.21. The molecule has 0 saturated carbocycles. The molecule has 0 bridgehead atoms. The summed E-state index contributed by atoms with van der Waals surface area (Å²) in [4.78, 5) is 4.18. The van der Waals surface area contributed by atoms with Crippen LogP contribution < -0.4 is 5.32 Å². The van der Waals surface area contributed by atoms with E-state index in [0.29, 0.717) is 6.04 Å². The van der Waals surface area contributed by atoms with Gasteiger partial charge in [-0.1, -0.05) is 35.0 Å². The smallest absolute Gasteiger partial charge is 0.141 e. The Morgan fingerprint density at radius 1 is 1.44 bits per heavy atom. The van der Waals surface area contributed by atoms with Crippen LogP contribution in [0.1, 0.15) is 43.7 Å². The molecule has 0 amide bonds. The van der Waals surface area contributed by atoms with Crippen LogP contribution in [0.4, 0.5) is 0 Å². The highest BCUT2D eigenvalue weighted by atomic mass is 79.9. The largest absolute Gasteiger partial charge is 0.301 e. The van der Waals surface area contributed by atoms with Crippen molar-refractivity contribution in [2.45, 2.75) is 32.4 Å². The Kier molecular flexibility index (Phi) is 4.49. The van der Waals surface area contributed by atoms with Crippen LogP contribution in [0.15, 0.2) is 35.1 Å². The number of halogens is 1. The molecule has 2 N–H and O–H groups in total. The molecule has 0 saturated heterocycles. The van der Waals surface area contributed by atoms with E-state index >= 15 is 0 Å². The molecule has 2 rings (SSSR count). The van der Waals surface area contributed by atoms with Gasteiger partial charge >= 0.3 is 0 Å². The highest BCUT2D eigenvalue weighted by Crippen LogP contribution is 2.23. The number of nitrogens with one attached hydrogen (secondary N) is 2. The Balaban J connectivity index is 2.10. The Bertz CT molecular complexity index is 483. The van der Waals surface area contributed by atoms with Crippen LogP contribution in [0.5, 0.6) is 0 Å². The molecule has 0 aliphatic carbocycles. The molecular weight excluding hydrogens is 292 g/mol. The normalized spacial score (nSPS) is 14.4. The molecule has 4 nitrogen and oxygen atoms in total. The monoisotopic (exact) mass is 308 g/mol. The number of hydrogen-bond donors (Lipinski definition) is 2. The van der Waals surface area contributed by atoms with Gasteiger partial charge < -0.3 is 5.32 Å². The van der Waals surface area contributed by atoms with Crippen LogP contribution in [0.25, 0.3) is 0 Å². The van der Waals surface area contributed by atoms with E-state index in [1.54, 1.807) is 0 Å². The van der Waals surface area contributed by atoms with E-state index in [2.05, 4.69) is 68.5 Å². The summed E-state index contributed by atoms with van der Waals surface area (Å²) in [6.45, 7) is 4.26. The molecule has 1 aromatic heterocycles. The standard InChI is InChI=1S/C13H17BrN4/c1-3-12(10-5-4-6-11(14)7-10)17-9(2)13-15-8-16-18-13/h4-9,12,17H,3H2,1-2H3,(H,15,16,18). The van der Waals surface area contributed by atoms with E-state index in [9.17, 15) is 0 Å². The first-order valence-corrected chi connectivity index (χ1v) is 6.86. The second-order valence-electron chi connectivity index (χ2n) is 4.27. The van der Waals surface area contributed by atoms with Gasteiger partial charge in [0.05, 0.1) is 6.04 Å². The third kappa shape index (κ3) is 3.17. The van der Waals surface area contributed by atoms with Crippen molar-refractivity contribution in [2.75, 3.05) is 0 Å². The van der Waals surface area contributed by atoms with Crippen LogP contribution >= 0.6 is 15.9 Å². The summed E-state index contributed by atoms with van der Waals surface area (Å²) in [6.07, 6.45) is 2.56. The minimum atomic E-state index is 0.149. The molecule has 1 aromatic carbocycles. The predicted octanol–water partition coefficient (Wildman–Crippen LogP) is 3.37. The van der Waals surface area contributed by atoms with Gasteiger partial charge in [-0.15, -0.1) is 0 Å². The average Bonchev–Trinajstić information content (AvgIpc) is 2.89. The van der Waals surface area contributed by atoms with Gasteiger partial charge in [0.1, 0.15) is 12.2 Å². The van der Waals surface area contributed by atoms with E-state index in [-0.39, 0.29) is 6.04 Å². The maximum Gasteiger partial charge on any atom is 0.141 e. The van der Waals surface area contributed by atoms with Crippen molar-refractivity contribution in [1.29, 1.82) is 0 Å². The first kappa shape index (κ1) is 13.2. The van der Waals surface area contributed by atoms with Crippen LogP contribution in [0.3, 0.4) is 0 Å². The van der Waals surface area contributed by atoms with E-state index in [1.165, 1.54) is 11.9 Å². The first-order chi connectivity index (χ1) is 8.70. The molecule has 2 unspecified atom stereocenters. The van der Waals surface area contributed by atoms with Crippen LogP contribution in [-0.4, -0.2) is 15.2 Å². The molecule has 0 aliphatic rings. The molecule has 1 heterocycles. The van der Waals surface area contributed by atoms with Crippen LogP contribution in [0.2, 0.25) is 0 Å². The summed E-state index contributed by atoms with van der Waals surface area (Å²) in [6, 6.07) is 8.84. The molecule has 0 fully saturated rings. The zero-order valence-corrected chi connectivity index (χ0v) is 12.1. The fourth-order valence-electron chi connectivity index (χ4n) is 1.98. The summed E-state index contributed by atoms with van der Waals surface area (Å²) in [7, 11) is 0. The molecule has 0 spiro atoms. The number of hydrogen-bond acceptors (Lipinski definition) is 3. The summed E-state index contributed by atoms with van der Waals surface area (Å²) < 4.78 is 1.10. The number of benzene rings is 1. The van der Waals surface area contributed by atoms with Crippen LogP contribution in [-0.2, 0) is 0 Å². The van der Waals surface area contributed by atoms with Gasteiger partial charge in [0.2, 0.25) is 0 Å². The van der Waals surface area contributed by atoms with E-state index in [0.717, 1.165) is 16.7 Å². The molecule has 2 atom stereocenters. The highest BCUT2D eigenvalue weighted by molar-refractivity contribution is 9.10. The molecule has 5 heteroatoms. The van der Waals surface area contributed by atoms with Gasteiger partial charge in [-0.05, 0) is 31.0 Å². The molecule has 2 aromatic rings. The van der Waals surface area contributed by atoms with Crippen molar-refractivity contribution in [3.05, 3.63) is 46.5 Å². The minimum Gasteiger partial charge on any atom is -0.301 e. The first-order valence-electron chi connectivity index (χ1n) is 6.07. The summed E-state index contributed by atoms with van der Waals surface area (Å²) >= 11 is 3.51. The lowest BCUT2D eigenvalue weighted by molar-refractivity contribution is 0.443. The van der Waals surface area contributed by atoms with Crippen LogP contribution in [0, 0.1) is 0 Å². The van der Waals surface area contributed by atoms with Gasteiger partial charge in [-0.25, -0.2) is 4.98 Å². The van der Waals surface area contributed by atoms with Crippen molar-refractivity contribution in [1.82, 2.24) is 20.5 Å². The summed E-state index contributed by atoms with van der Waals surface area (Å²) in [5.41, 5.74) is 1.28. The summed E-state index contributed by atoms with van der Waals surface area (Å²) in [5, 5.41) is 10.3. The SMILES string of the molecule is CCC(NC(C)c1ncn[nH]1)c1cccc(Br)c1. The molecule has 96 valence electrons. The molecule has 18 heavy (non-hydrogen) atoms. The predicted molar refractivity (Wildman–Crippen MR) is 75.1 cm³/mol. The maximum atomic E-state index is 4.18. The number of aromatic nitrogens is 3. The second-order valence-corrected chi connectivity index (χ2v) is 5.19. The lowest BCUT2D eigenvalue weighted by Crippen LogP contribution is -2.25. The van der Waals surface area contributed by atoms with Gasteiger partial charge in [0.15, 0.2) is 0 Å². The average molecular weight is 309 g/mol. The van der Waals surface area contributed by atoms with Crippen molar-refractivity contribution < 1.29 is 0 Å². The van der Waals surface area contributed by atoms with Gasteiger partial charge in [0, 0.05) is 10.5 Å². The molecule has 0 radical (unpaired) electrons. The third-order valence-corrected chi connectivity index (χ3v) is 3.45. The quantitative estimate of drug-likeness (QED) is 0.890. The van der Waals surface area contributed by atoms with E-state index in [1.807, 2.05) is 6.07 Å². The molecule has 0 aliphatic heterocycles. The second kappa shape index (κ2) is 6.11. The molecular formula is C13H17BrN4. The Morgan fingerprint density at radius 2 is 2.28 bits per heavy atom. The van der Waals surface area contributed by atoms with Crippen molar-refractivity contribution in [3.8, 4) is 0 Å². The number of H-pyrrole nitrogens is 1. The number of aromatic amines is 1. The third-order valence-electron chi connectivity index (χ3n) is 2.95. The Morgan fingerprint density at radius 3 is 2.89 bits per heavy atom. The Hall–Kier alpha value is -1.20. The Labute approximate surface area is 115 Å². The van der Waals surface area contributed by atoms with Crippen molar-refractivity contribution in [3.63, 3.8) is 0 Å². The minimum absolute atomic E-state index is 0.149. The fourth-order valence-corrected chi connectivity index (χ4v) is 2.39. The summed E-state index contributed by atoms with van der Waals surface area (Å²) in [5.74, 6) is 0.864. The van der Waals surface area contributed by atoms with Crippen molar-refractivity contribution >= 4 is 15.9 Å². The van der Waals surface area contributed by atoms with Crippen molar-refractivity contribution in [2.24, 2.45) is 0 Å². The van der Waals surface area contributed by atoms with E-state index < -0.39 is 0 Å². The lowest BCUT2D eigenvalue weighted by atomic mass is 10.0. The number of rotatable bonds is 5. The zero-order valence-electron chi connectivity index (χ0n) is 10.5. The fraction of sp³-hybridized carbons (Fsp3) is 0.385. The maximum absolute atomic E-state index is 4.18. The van der Waals surface area contributed by atoms with Gasteiger partial charge in [-0.3, -0.25) is 5.10 Å². The van der Waals surface area contributed by atoms with Gasteiger partial charge in [-0.2, -0.15) is 5.10 Å². The van der Waals surface area contributed by atoms with E-state index in [4.69, 9.17) is 0 Å². The highest BCUT2D eigenvalue weighted by Gasteiger charge is 2.15.